The maximum absolute atomic E-state index is 9.66. The molecule has 120 valence electrons. The van der Waals surface area contributed by atoms with Crippen molar-refractivity contribution in [3.8, 4) is 0 Å². The Morgan fingerprint density at radius 3 is 2.14 bits per heavy atom. The second kappa shape index (κ2) is 6.60. The summed E-state index contributed by atoms with van der Waals surface area (Å²) in [5, 5.41) is 13.0. The van der Waals surface area contributed by atoms with E-state index in [4.69, 9.17) is 5.73 Å². The lowest BCUT2D eigenvalue weighted by Gasteiger charge is -2.30. The van der Waals surface area contributed by atoms with Crippen LogP contribution >= 0.6 is 0 Å². The number of nitrogens with zero attached hydrogens (tertiary/aromatic N) is 2. The van der Waals surface area contributed by atoms with Gasteiger partial charge in [0.1, 0.15) is 17.5 Å². The first-order valence-electron chi connectivity index (χ1n) is 7.68. The Kier molecular flexibility index (Phi) is 5.56. The minimum absolute atomic E-state index is 0.117. The number of aliphatic hydroxyl groups excluding tert-OH is 1. The van der Waals surface area contributed by atoms with Crippen LogP contribution in [0, 0.1) is 12.3 Å². The van der Waals surface area contributed by atoms with Gasteiger partial charge >= 0.3 is 0 Å². The highest BCUT2D eigenvalue weighted by Crippen LogP contribution is 2.28. The van der Waals surface area contributed by atoms with E-state index in [2.05, 4.69) is 49.9 Å². The highest BCUT2D eigenvalue weighted by Gasteiger charge is 2.26. The molecule has 0 fully saturated rings. The van der Waals surface area contributed by atoms with Crippen LogP contribution in [0.4, 0.5) is 11.6 Å². The zero-order chi connectivity index (χ0) is 16.3. The molecular formula is C16H30N4O. The molecule has 0 spiro atoms. The molecule has 4 N–H and O–H groups in total. The summed E-state index contributed by atoms with van der Waals surface area (Å²) >= 11 is 0. The molecule has 0 unspecified atom stereocenters. The average Bonchev–Trinajstić information content (AvgIpc) is 2.43. The molecule has 0 aliphatic carbocycles. The molecule has 1 rings (SSSR count). The van der Waals surface area contributed by atoms with E-state index in [-0.39, 0.29) is 17.4 Å². The monoisotopic (exact) mass is 294 g/mol. The molecule has 21 heavy (non-hydrogen) atoms. The fourth-order valence-corrected chi connectivity index (χ4v) is 2.09. The van der Waals surface area contributed by atoms with Crippen LogP contribution in [0.25, 0.3) is 0 Å². The van der Waals surface area contributed by atoms with Crippen LogP contribution in [-0.4, -0.2) is 28.2 Å². The highest BCUT2D eigenvalue weighted by molar-refractivity contribution is 5.55. The van der Waals surface area contributed by atoms with Crippen molar-refractivity contribution >= 4 is 11.6 Å². The summed E-state index contributed by atoms with van der Waals surface area (Å²) in [6.07, 6.45) is 1.83. The summed E-state index contributed by atoms with van der Waals surface area (Å²) in [5.41, 5.74) is 6.61. The fraction of sp³-hybridized carbons (Fsp3) is 0.750. The Hall–Kier alpha value is -1.36. The summed E-state index contributed by atoms with van der Waals surface area (Å²) in [5.74, 6) is 2.02. The predicted molar refractivity (Wildman–Crippen MR) is 88.5 cm³/mol. The lowest BCUT2D eigenvalue weighted by Crippen LogP contribution is -2.33. The normalized spacial score (nSPS) is 12.5. The molecule has 0 aliphatic rings. The number of aliphatic hydroxyl groups is 1. The zero-order valence-corrected chi connectivity index (χ0v) is 14.2. The largest absolute Gasteiger partial charge is 0.396 e. The van der Waals surface area contributed by atoms with E-state index in [9.17, 15) is 5.11 Å². The summed E-state index contributed by atoms with van der Waals surface area (Å²) < 4.78 is 0. The Morgan fingerprint density at radius 1 is 1.14 bits per heavy atom. The minimum Gasteiger partial charge on any atom is -0.396 e. The maximum atomic E-state index is 9.66. The van der Waals surface area contributed by atoms with Crippen LogP contribution in [0.5, 0.6) is 0 Å². The van der Waals surface area contributed by atoms with Gasteiger partial charge in [-0.1, -0.05) is 34.6 Å². The number of nitrogen functional groups attached to an aromatic ring is 1. The number of anilines is 2. The summed E-state index contributed by atoms with van der Waals surface area (Å²) in [6.45, 7) is 13.2. The van der Waals surface area contributed by atoms with E-state index in [1.54, 1.807) is 0 Å². The van der Waals surface area contributed by atoms with E-state index in [0.29, 0.717) is 12.4 Å². The van der Waals surface area contributed by atoms with Crippen molar-refractivity contribution in [2.24, 2.45) is 5.41 Å². The lowest BCUT2D eigenvalue weighted by molar-refractivity contribution is 0.127. The first-order chi connectivity index (χ1) is 9.69. The highest BCUT2D eigenvalue weighted by atomic mass is 16.3. The molecule has 5 heteroatoms. The maximum Gasteiger partial charge on any atom is 0.138 e. The van der Waals surface area contributed by atoms with Crippen LogP contribution in [0.3, 0.4) is 0 Å². The summed E-state index contributed by atoms with van der Waals surface area (Å²) in [4.78, 5) is 9.01. The standard InChI is InChI=1S/C16H30N4O/c1-7-16(8-2,10-21)9-18-13-11(3)12(17)19-14(20-13)15(4,5)6/h21H,7-10H2,1-6H3,(H3,17,18,19,20). The average molecular weight is 294 g/mol. The van der Waals surface area contributed by atoms with Crippen LogP contribution in [0.1, 0.15) is 58.8 Å². The van der Waals surface area contributed by atoms with Gasteiger partial charge in [0, 0.05) is 22.9 Å². The van der Waals surface area contributed by atoms with Crippen LogP contribution in [0.2, 0.25) is 0 Å². The summed E-state index contributed by atoms with van der Waals surface area (Å²) in [6, 6.07) is 0. The topological polar surface area (TPSA) is 84.1 Å². The van der Waals surface area contributed by atoms with Crippen molar-refractivity contribution in [1.29, 1.82) is 0 Å². The molecule has 0 radical (unpaired) electrons. The Balaban J connectivity index is 3.06. The third-order valence-electron chi connectivity index (χ3n) is 4.32. The minimum atomic E-state index is -0.151. The number of aromatic nitrogens is 2. The third-order valence-corrected chi connectivity index (χ3v) is 4.32. The first-order valence-corrected chi connectivity index (χ1v) is 7.68. The van der Waals surface area contributed by atoms with Gasteiger partial charge in [0.2, 0.25) is 0 Å². The molecule has 0 saturated carbocycles. The molecule has 0 saturated heterocycles. The first kappa shape index (κ1) is 17.7. The van der Waals surface area contributed by atoms with Gasteiger partial charge in [0.25, 0.3) is 0 Å². The zero-order valence-electron chi connectivity index (χ0n) is 14.2. The molecule has 0 bridgehead atoms. The Morgan fingerprint density at radius 2 is 1.71 bits per heavy atom. The van der Waals surface area contributed by atoms with Crippen molar-refractivity contribution in [2.75, 3.05) is 24.2 Å². The van der Waals surface area contributed by atoms with Gasteiger partial charge < -0.3 is 16.2 Å². The Labute approximate surface area is 128 Å². The van der Waals surface area contributed by atoms with Gasteiger partial charge in [-0.05, 0) is 19.8 Å². The molecular weight excluding hydrogens is 264 g/mol. The van der Waals surface area contributed by atoms with Crippen molar-refractivity contribution in [3.63, 3.8) is 0 Å². The third kappa shape index (κ3) is 4.06. The Bertz CT molecular complexity index is 468. The number of hydrogen-bond donors (Lipinski definition) is 3. The van der Waals surface area contributed by atoms with Gasteiger partial charge in [-0.25, -0.2) is 9.97 Å². The molecule has 0 aliphatic heterocycles. The molecule has 5 nitrogen and oxygen atoms in total. The van der Waals surface area contributed by atoms with E-state index < -0.39 is 0 Å². The smallest absolute Gasteiger partial charge is 0.138 e. The number of rotatable bonds is 6. The number of nitrogens with one attached hydrogen (secondary N) is 1. The summed E-state index contributed by atoms with van der Waals surface area (Å²) in [7, 11) is 0. The van der Waals surface area contributed by atoms with Gasteiger partial charge in [-0.3, -0.25) is 0 Å². The molecule has 1 heterocycles. The van der Waals surface area contributed by atoms with E-state index in [0.717, 1.165) is 30.0 Å². The van der Waals surface area contributed by atoms with Crippen LogP contribution in [0.15, 0.2) is 0 Å². The van der Waals surface area contributed by atoms with Crippen molar-refractivity contribution in [3.05, 3.63) is 11.4 Å². The fourth-order valence-electron chi connectivity index (χ4n) is 2.09. The van der Waals surface area contributed by atoms with Crippen molar-refractivity contribution in [2.45, 2.75) is 59.8 Å². The quantitative estimate of drug-likeness (QED) is 0.751. The van der Waals surface area contributed by atoms with E-state index >= 15 is 0 Å². The second-order valence-electron chi connectivity index (χ2n) is 6.87. The predicted octanol–water partition coefficient (Wildman–Crippen LogP) is 2.88. The molecule has 1 aromatic heterocycles. The molecule has 0 amide bonds. The second-order valence-corrected chi connectivity index (χ2v) is 6.87. The van der Waals surface area contributed by atoms with Gasteiger partial charge in [-0.2, -0.15) is 0 Å². The SMILES string of the molecule is CCC(CC)(CO)CNc1nc(C(C)(C)C)nc(N)c1C. The number of hydrogen-bond acceptors (Lipinski definition) is 5. The van der Waals surface area contributed by atoms with E-state index in [1.165, 1.54) is 0 Å². The molecule has 1 aromatic rings. The number of nitrogens with two attached hydrogens (primary N) is 1. The van der Waals surface area contributed by atoms with Gasteiger partial charge in [0.15, 0.2) is 0 Å². The van der Waals surface area contributed by atoms with Crippen molar-refractivity contribution < 1.29 is 5.11 Å². The van der Waals surface area contributed by atoms with Crippen LogP contribution in [-0.2, 0) is 5.41 Å². The van der Waals surface area contributed by atoms with Gasteiger partial charge in [-0.15, -0.1) is 0 Å². The van der Waals surface area contributed by atoms with E-state index in [1.807, 2.05) is 6.92 Å². The van der Waals surface area contributed by atoms with Gasteiger partial charge in [0.05, 0.1) is 6.61 Å². The lowest BCUT2D eigenvalue weighted by atomic mass is 9.83. The van der Waals surface area contributed by atoms with Crippen LogP contribution < -0.4 is 11.1 Å². The van der Waals surface area contributed by atoms with Crippen molar-refractivity contribution in [1.82, 2.24) is 9.97 Å². The molecule has 0 atom stereocenters. The molecule has 0 aromatic carbocycles.